The van der Waals surface area contributed by atoms with Crippen LogP contribution >= 0.6 is 0 Å². The van der Waals surface area contributed by atoms with Gasteiger partial charge in [-0.25, -0.2) is 4.68 Å². The molecule has 4 nitrogen and oxygen atoms in total. The number of aromatic nitrogens is 3. The van der Waals surface area contributed by atoms with Crippen LogP contribution in [0.25, 0.3) is 0 Å². The molecule has 0 aliphatic heterocycles. The Morgan fingerprint density at radius 3 is 2.80 bits per heavy atom. The zero-order valence-electron chi connectivity index (χ0n) is 8.63. The number of ether oxygens (including phenoxy) is 1. The zero-order chi connectivity index (χ0) is 10.5. The van der Waals surface area contributed by atoms with E-state index in [1.165, 1.54) is 5.56 Å². The summed E-state index contributed by atoms with van der Waals surface area (Å²) in [4.78, 5) is 0. The molecule has 1 aromatic carbocycles. The normalized spacial score (nSPS) is 10.5. The van der Waals surface area contributed by atoms with Crippen LogP contribution in [0, 0.1) is 0 Å². The average Bonchev–Trinajstić information content (AvgIpc) is 2.68. The molecule has 0 aliphatic carbocycles. The molecular formula is C11H13N3O. The van der Waals surface area contributed by atoms with Gasteiger partial charge in [-0.2, -0.15) is 0 Å². The highest BCUT2D eigenvalue weighted by Gasteiger charge is 2.00. The highest BCUT2D eigenvalue weighted by atomic mass is 16.5. The Labute approximate surface area is 88.5 Å². The lowest BCUT2D eigenvalue weighted by Crippen LogP contribution is -1.99. The van der Waals surface area contributed by atoms with E-state index in [0.29, 0.717) is 6.61 Å². The predicted octanol–water partition coefficient (Wildman–Crippen LogP) is 1.47. The van der Waals surface area contributed by atoms with Crippen LogP contribution in [0.4, 0.5) is 0 Å². The van der Waals surface area contributed by atoms with Crippen LogP contribution in [-0.2, 0) is 17.9 Å². The molecule has 0 unspecified atom stereocenters. The van der Waals surface area contributed by atoms with Crippen LogP contribution in [0.1, 0.15) is 11.3 Å². The second kappa shape index (κ2) is 4.70. The smallest absolute Gasteiger partial charge is 0.108 e. The summed E-state index contributed by atoms with van der Waals surface area (Å²) < 4.78 is 6.78. The molecule has 15 heavy (non-hydrogen) atoms. The summed E-state index contributed by atoms with van der Waals surface area (Å²) in [6, 6.07) is 10.2. The van der Waals surface area contributed by atoms with Gasteiger partial charge in [-0.05, 0) is 5.56 Å². The largest absolute Gasteiger partial charge is 0.378 e. The summed E-state index contributed by atoms with van der Waals surface area (Å²) in [6.45, 7) is 1.26. The first-order valence-corrected chi connectivity index (χ1v) is 4.80. The van der Waals surface area contributed by atoms with E-state index in [-0.39, 0.29) is 0 Å². The number of methoxy groups -OCH3 is 1. The molecule has 0 spiro atoms. The van der Waals surface area contributed by atoms with E-state index in [1.54, 1.807) is 7.11 Å². The van der Waals surface area contributed by atoms with Gasteiger partial charge in [0.15, 0.2) is 0 Å². The first kappa shape index (κ1) is 9.86. The van der Waals surface area contributed by atoms with Gasteiger partial charge in [0, 0.05) is 7.11 Å². The van der Waals surface area contributed by atoms with E-state index in [1.807, 2.05) is 29.1 Å². The maximum Gasteiger partial charge on any atom is 0.108 e. The molecule has 0 amide bonds. The molecule has 4 heteroatoms. The molecular weight excluding hydrogens is 190 g/mol. The summed E-state index contributed by atoms with van der Waals surface area (Å²) in [6.07, 6.45) is 1.90. The molecule has 0 saturated carbocycles. The van der Waals surface area contributed by atoms with Crippen molar-refractivity contribution in [2.45, 2.75) is 13.2 Å². The van der Waals surface area contributed by atoms with Crippen LogP contribution in [0.15, 0.2) is 36.5 Å². The van der Waals surface area contributed by atoms with Crippen LogP contribution in [0.3, 0.4) is 0 Å². The summed E-state index contributed by atoms with van der Waals surface area (Å²) in [5, 5.41) is 8.01. The first-order chi connectivity index (χ1) is 7.38. The van der Waals surface area contributed by atoms with Crippen LogP contribution in [0.5, 0.6) is 0 Å². The average molecular weight is 203 g/mol. The Bertz CT molecular complexity index is 411. The molecule has 0 saturated heterocycles. The predicted molar refractivity (Wildman–Crippen MR) is 56.3 cm³/mol. The topological polar surface area (TPSA) is 39.9 Å². The molecule has 1 aromatic heterocycles. The van der Waals surface area contributed by atoms with Crippen molar-refractivity contribution >= 4 is 0 Å². The number of hydrogen-bond donors (Lipinski definition) is 0. The maximum atomic E-state index is 4.98. The SMILES string of the molecule is COCc1cn(Cc2ccccc2)nn1. The van der Waals surface area contributed by atoms with Crippen molar-refractivity contribution in [3.63, 3.8) is 0 Å². The van der Waals surface area contributed by atoms with Crippen LogP contribution in [-0.4, -0.2) is 22.1 Å². The molecule has 78 valence electrons. The minimum absolute atomic E-state index is 0.509. The maximum absolute atomic E-state index is 4.98. The lowest BCUT2D eigenvalue weighted by molar-refractivity contribution is 0.181. The van der Waals surface area contributed by atoms with Crippen molar-refractivity contribution < 1.29 is 4.74 Å². The third-order valence-electron chi connectivity index (χ3n) is 2.07. The first-order valence-electron chi connectivity index (χ1n) is 4.80. The molecule has 0 atom stereocenters. The van der Waals surface area contributed by atoms with Crippen molar-refractivity contribution in [3.8, 4) is 0 Å². The van der Waals surface area contributed by atoms with Gasteiger partial charge in [0.2, 0.25) is 0 Å². The fourth-order valence-electron chi connectivity index (χ4n) is 1.40. The third-order valence-corrected chi connectivity index (χ3v) is 2.07. The van der Waals surface area contributed by atoms with E-state index >= 15 is 0 Å². The molecule has 2 aromatic rings. The standard InChI is InChI=1S/C11H13N3O/c1-15-9-11-8-14(13-12-11)7-10-5-3-2-4-6-10/h2-6,8H,7,9H2,1H3. The Balaban J connectivity index is 2.05. The third kappa shape index (κ3) is 2.63. The van der Waals surface area contributed by atoms with Crippen molar-refractivity contribution in [2.75, 3.05) is 7.11 Å². The summed E-state index contributed by atoms with van der Waals surface area (Å²) in [5.41, 5.74) is 2.07. The quantitative estimate of drug-likeness (QED) is 0.755. The highest BCUT2D eigenvalue weighted by molar-refractivity contribution is 5.14. The molecule has 0 aliphatic rings. The van der Waals surface area contributed by atoms with E-state index in [0.717, 1.165) is 12.2 Å². The fraction of sp³-hybridized carbons (Fsp3) is 0.273. The van der Waals surface area contributed by atoms with Gasteiger partial charge < -0.3 is 4.74 Å². The molecule has 0 radical (unpaired) electrons. The minimum Gasteiger partial charge on any atom is -0.378 e. The summed E-state index contributed by atoms with van der Waals surface area (Å²) in [7, 11) is 1.65. The van der Waals surface area contributed by atoms with E-state index in [2.05, 4.69) is 22.4 Å². The highest BCUT2D eigenvalue weighted by Crippen LogP contribution is 2.02. The fourth-order valence-corrected chi connectivity index (χ4v) is 1.40. The van der Waals surface area contributed by atoms with Gasteiger partial charge in [-0.3, -0.25) is 0 Å². The second-order valence-corrected chi connectivity index (χ2v) is 3.33. The monoisotopic (exact) mass is 203 g/mol. The Morgan fingerprint density at radius 1 is 1.27 bits per heavy atom. The van der Waals surface area contributed by atoms with Gasteiger partial charge in [0.1, 0.15) is 5.69 Å². The van der Waals surface area contributed by atoms with Crippen LogP contribution in [0.2, 0.25) is 0 Å². The Kier molecular flexibility index (Phi) is 3.09. The molecule has 0 N–H and O–H groups in total. The zero-order valence-corrected chi connectivity index (χ0v) is 8.63. The lowest BCUT2D eigenvalue weighted by atomic mass is 10.2. The molecule has 1 heterocycles. The molecule has 0 fully saturated rings. The van der Waals surface area contributed by atoms with Gasteiger partial charge in [0.25, 0.3) is 0 Å². The Morgan fingerprint density at radius 2 is 2.07 bits per heavy atom. The van der Waals surface area contributed by atoms with Crippen molar-refractivity contribution in [2.24, 2.45) is 0 Å². The molecule has 2 rings (SSSR count). The van der Waals surface area contributed by atoms with Gasteiger partial charge in [-0.15, -0.1) is 5.10 Å². The second-order valence-electron chi connectivity index (χ2n) is 3.33. The summed E-state index contributed by atoms with van der Waals surface area (Å²) in [5.74, 6) is 0. The number of benzene rings is 1. The van der Waals surface area contributed by atoms with Gasteiger partial charge >= 0.3 is 0 Å². The van der Waals surface area contributed by atoms with Crippen LogP contribution < -0.4 is 0 Å². The van der Waals surface area contributed by atoms with E-state index < -0.39 is 0 Å². The minimum atomic E-state index is 0.509. The van der Waals surface area contributed by atoms with Gasteiger partial charge in [0.05, 0.1) is 19.3 Å². The van der Waals surface area contributed by atoms with Crippen molar-refractivity contribution in [3.05, 3.63) is 47.8 Å². The number of rotatable bonds is 4. The Hall–Kier alpha value is -1.68. The van der Waals surface area contributed by atoms with Gasteiger partial charge in [-0.1, -0.05) is 35.5 Å². The summed E-state index contributed by atoms with van der Waals surface area (Å²) >= 11 is 0. The van der Waals surface area contributed by atoms with E-state index in [4.69, 9.17) is 4.74 Å². The van der Waals surface area contributed by atoms with Crippen molar-refractivity contribution in [1.82, 2.24) is 15.0 Å². The number of nitrogens with zero attached hydrogens (tertiary/aromatic N) is 3. The molecule has 0 bridgehead atoms. The lowest BCUT2D eigenvalue weighted by Gasteiger charge is -1.99. The van der Waals surface area contributed by atoms with E-state index in [9.17, 15) is 0 Å². The van der Waals surface area contributed by atoms with Crippen molar-refractivity contribution in [1.29, 1.82) is 0 Å². The number of hydrogen-bond acceptors (Lipinski definition) is 3.